The number of ether oxygens (including phenoxy) is 3. The van der Waals surface area contributed by atoms with Crippen LogP contribution in [0.1, 0.15) is 13.3 Å². The second-order valence-electron chi connectivity index (χ2n) is 10.5. The molecular formula is C28H32O13. The van der Waals surface area contributed by atoms with E-state index in [2.05, 4.69) is 0 Å². The number of phenolic OH excluding ortho intramolecular Hbond substituents is 2. The van der Waals surface area contributed by atoms with Crippen LogP contribution >= 0.6 is 0 Å². The highest BCUT2D eigenvalue weighted by atomic mass is 16.7. The molecular weight excluding hydrogens is 544 g/mol. The molecule has 0 bridgehead atoms. The zero-order chi connectivity index (χ0) is 29.6. The zero-order valence-electron chi connectivity index (χ0n) is 21.8. The molecule has 3 aromatic rings. The predicted octanol–water partition coefficient (Wildman–Crippen LogP) is -0.435. The molecule has 1 aliphatic carbocycles. The molecule has 13 nitrogen and oxygen atoms in total. The van der Waals surface area contributed by atoms with Crippen LogP contribution in [0, 0.1) is 5.92 Å². The number of aromatic hydroxyl groups is 2. The minimum absolute atomic E-state index is 0.0175. The van der Waals surface area contributed by atoms with Crippen molar-refractivity contribution >= 4 is 11.0 Å². The minimum Gasteiger partial charge on any atom is -0.508 e. The van der Waals surface area contributed by atoms with E-state index in [0.29, 0.717) is 5.56 Å². The van der Waals surface area contributed by atoms with Gasteiger partial charge in [-0.15, -0.1) is 0 Å². The Kier molecular flexibility index (Phi) is 8.23. The molecule has 2 heterocycles. The second-order valence-corrected chi connectivity index (χ2v) is 10.5. The van der Waals surface area contributed by atoms with Crippen molar-refractivity contribution in [3.8, 4) is 28.6 Å². The number of aliphatic hydroxyl groups is 6. The van der Waals surface area contributed by atoms with Gasteiger partial charge in [-0.1, -0.05) is 6.92 Å². The van der Waals surface area contributed by atoms with Crippen LogP contribution in [0.25, 0.3) is 22.3 Å². The lowest BCUT2D eigenvalue weighted by Crippen LogP contribution is -2.63. The van der Waals surface area contributed by atoms with Crippen molar-refractivity contribution in [3.05, 3.63) is 52.7 Å². The molecule has 1 aliphatic heterocycles. The van der Waals surface area contributed by atoms with Crippen molar-refractivity contribution in [3.63, 3.8) is 0 Å². The first-order valence-electron chi connectivity index (χ1n) is 13.1. The monoisotopic (exact) mass is 576 g/mol. The predicted molar refractivity (Wildman–Crippen MR) is 140 cm³/mol. The first-order chi connectivity index (χ1) is 19.5. The molecule has 0 spiro atoms. The van der Waals surface area contributed by atoms with Crippen LogP contribution in [-0.2, 0) is 9.47 Å². The summed E-state index contributed by atoms with van der Waals surface area (Å²) in [7, 11) is 0. The Labute approximate surface area is 233 Å². The van der Waals surface area contributed by atoms with E-state index in [0.717, 1.165) is 6.07 Å². The van der Waals surface area contributed by atoms with Crippen LogP contribution in [0.5, 0.6) is 17.2 Å². The maximum absolute atomic E-state index is 12.8. The number of phenols is 2. The number of benzene rings is 2. The molecule has 2 aromatic carbocycles. The first kappa shape index (κ1) is 29.2. The van der Waals surface area contributed by atoms with E-state index in [1.807, 2.05) is 0 Å². The second kappa shape index (κ2) is 11.5. The molecule has 1 saturated carbocycles. The average Bonchev–Trinajstić information content (AvgIpc) is 2.94. The standard InChI is InChI=1S/C28H32O13/c1-11-6-19(23(34)25(36)22(11)33)40-27-26(37)24(35)20(10-29)41-28(27)38-14-7-15(31)21-16(32)9-17(39-18(21)8-14)12-2-4-13(30)5-3-12/h2-5,7-9,11,19-20,22-31,33-37H,6,10H2,1H3. The third-order valence-electron chi connectivity index (χ3n) is 7.61. The van der Waals surface area contributed by atoms with Crippen molar-refractivity contribution in [2.75, 3.05) is 6.61 Å². The summed E-state index contributed by atoms with van der Waals surface area (Å²) in [5, 5.41) is 81.9. The van der Waals surface area contributed by atoms with E-state index in [1.165, 1.54) is 36.4 Å². The van der Waals surface area contributed by atoms with Gasteiger partial charge in [0.05, 0.1) is 18.8 Å². The summed E-state index contributed by atoms with van der Waals surface area (Å²) in [5.74, 6) is -0.881. The third-order valence-corrected chi connectivity index (χ3v) is 7.61. The Bertz CT molecular complexity index is 1420. The molecule has 10 unspecified atom stereocenters. The lowest BCUT2D eigenvalue weighted by molar-refractivity contribution is -0.307. The lowest BCUT2D eigenvalue weighted by atomic mass is 9.81. The molecule has 13 heteroatoms. The maximum atomic E-state index is 12.8. The molecule has 41 heavy (non-hydrogen) atoms. The summed E-state index contributed by atoms with van der Waals surface area (Å²) < 4.78 is 23.3. The van der Waals surface area contributed by atoms with Crippen LogP contribution < -0.4 is 10.2 Å². The van der Waals surface area contributed by atoms with E-state index in [-0.39, 0.29) is 34.6 Å². The fourth-order valence-corrected chi connectivity index (χ4v) is 5.25. The Morgan fingerprint density at radius 2 is 1.61 bits per heavy atom. The molecule has 1 aromatic heterocycles. The van der Waals surface area contributed by atoms with Gasteiger partial charge in [-0.3, -0.25) is 4.79 Å². The summed E-state index contributed by atoms with van der Waals surface area (Å²) in [6, 6.07) is 9.50. The van der Waals surface area contributed by atoms with Crippen LogP contribution in [0.3, 0.4) is 0 Å². The largest absolute Gasteiger partial charge is 0.508 e. The van der Waals surface area contributed by atoms with E-state index in [1.54, 1.807) is 6.92 Å². The van der Waals surface area contributed by atoms with Gasteiger partial charge >= 0.3 is 0 Å². The Morgan fingerprint density at radius 1 is 0.902 bits per heavy atom. The van der Waals surface area contributed by atoms with Crippen LogP contribution in [0.15, 0.2) is 51.7 Å². The fraction of sp³-hybridized carbons (Fsp3) is 0.464. The molecule has 2 aliphatic rings. The Hall–Kier alpha value is -3.27. The fourth-order valence-electron chi connectivity index (χ4n) is 5.25. The number of hydrogen-bond donors (Lipinski definition) is 8. The molecule has 222 valence electrons. The van der Waals surface area contributed by atoms with E-state index < -0.39 is 78.8 Å². The van der Waals surface area contributed by atoms with Crippen molar-refractivity contribution in [1.29, 1.82) is 0 Å². The first-order valence-corrected chi connectivity index (χ1v) is 13.1. The van der Waals surface area contributed by atoms with Gasteiger partial charge < -0.3 is 59.5 Å². The number of aliphatic hydroxyl groups excluding tert-OH is 6. The van der Waals surface area contributed by atoms with Crippen LogP contribution in [-0.4, -0.2) is 103 Å². The van der Waals surface area contributed by atoms with Gasteiger partial charge in [0.1, 0.15) is 70.6 Å². The quantitative estimate of drug-likeness (QED) is 0.187. The SMILES string of the molecule is CC1CC(OC2C(Oc3cc(O)c4c(=O)cc(-c5ccc(O)cc5)oc4c3)OC(CO)C(O)C2O)C(O)C(O)C1O. The Balaban J connectivity index is 1.47. The summed E-state index contributed by atoms with van der Waals surface area (Å²) >= 11 is 0. The van der Waals surface area contributed by atoms with Gasteiger partial charge in [0.25, 0.3) is 0 Å². The van der Waals surface area contributed by atoms with Gasteiger partial charge in [-0.25, -0.2) is 0 Å². The highest BCUT2D eigenvalue weighted by Crippen LogP contribution is 2.36. The highest BCUT2D eigenvalue weighted by molar-refractivity contribution is 5.86. The number of rotatable bonds is 6. The molecule has 8 N–H and O–H groups in total. The van der Waals surface area contributed by atoms with Crippen molar-refractivity contribution < 1.29 is 59.5 Å². The van der Waals surface area contributed by atoms with Crippen molar-refractivity contribution in [2.24, 2.45) is 5.92 Å². The van der Waals surface area contributed by atoms with Gasteiger partial charge in [0, 0.05) is 23.8 Å². The summed E-state index contributed by atoms with van der Waals surface area (Å²) in [4.78, 5) is 12.8. The van der Waals surface area contributed by atoms with E-state index in [4.69, 9.17) is 18.6 Å². The summed E-state index contributed by atoms with van der Waals surface area (Å²) in [6.07, 6.45) is -12.8. The molecule has 5 rings (SSSR count). The van der Waals surface area contributed by atoms with Crippen LogP contribution in [0.4, 0.5) is 0 Å². The van der Waals surface area contributed by atoms with Gasteiger partial charge in [-0.2, -0.15) is 0 Å². The smallest absolute Gasteiger partial charge is 0.229 e. The average molecular weight is 577 g/mol. The number of hydrogen-bond acceptors (Lipinski definition) is 13. The zero-order valence-corrected chi connectivity index (χ0v) is 21.8. The van der Waals surface area contributed by atoms with E-state index in [9.17, 15) is 45.6 Å². The maximum Gasteiger partial charge on any atom is 0.229 e. The topological polar surface area (TPSA) is 220 Å². The number of fused-ring (bicyclic) bond motifs is 1. The molecule has 0 radical (unpaired) electrons. The minimum atomic E-state index is -1.68. The van der Waals surface area contributed by atoms with Crippen molar-refractivity contribution in [2.45, 2.75) is 68.5 Å². The van der Waals surface area contributed by atoms with Gasteiger partial charge in [-0.05, 0) is 36.6 Å². The van der Waals surface area contributed by atoms with Crippen LogP contribution in [0.2, 0.25) is 0 Å². The molecule has 0 amide bonds. The summed E-state index contributed by atoms with van der Waals surface area (Å²) in [5.41, 5.74) is -0.127. The van der Waals surface area contributed by atoms with Gasteiger partial charge in [0.2, 0.25) is 6.29 Å². The van der Waals surface area contributed by atoms with E-state index >= 15 is 0 Å². The summed E-state index contributed by atoms with van der Waals surface area (Å²) in [6.45, 7) is 0.958. The van der Waals surface area contributed by atoms with Crippen molar-refractivity contribution in [1.82, 2.24) is 0 Å². The molecule has 1 saturated heterocycles. The van der Waals surface area contributed by atoms with Gasteiger partial charge in [0.15, 0.2) is 5.43 Å². The lowest BCUT2D eigenvalue weighted by Gasteiger charge is -2.45. The highest BCUT2D eigenvalue weighted by Gasteiger charge is 2.50. The molecule has 10 atom stereocenters. The Morgan fingerprint density at radius 3 is 2.29 bits per heavy atom. The molecule has 2 fully saturated rings. The third kappa shape index (κ3) is 5.63. The normalized spacial score (nSPS) is 34.0.